The van der Waals surface area contributed by atoms with Crippen LogP contribution in [0, 0.1) is 17.3 Å². The van der Waals surface area contributed by atoms with Crippen LogP contribution in [0.15, 0.2) is 41.5 Å². The van der Waals surface area contributed by atoms with Gasteiger partial charge in [-0.25, -0.2) is 8.78 Å². The average molecular weight is 458 g/mol. The van der Waals surface area contributed by atoms with E-state index >= 15 is 4.39 Å². The molecule has 0 unspecified atom stereocenters. The van der Waals surface area contributed by atoms with Gasteiger partial charge in [-0.2, -0.15) is 5.26 Å². The van der Waals surface area contributed by atoms with Gasteiger partial charge < -0.3 is 20.4 Å². The summed E-state index contributed by atoms with van der Waals surface area (Å²) in [6.45, 7) is 6.18. The Morgan fingerprint density at radius 2 is 1.94 bits per heavy atom. The van der Waals surface area contributed by atoms with Crippen LogP contribution < -0.4 is 5.32 Å². The van der Waals surface area contributed by atoms with E-state index in [1.165, 1.54) is 11.8 Å². The number of alkyl halides is 1. The molecule has 0 amide bonds. The van der Waals surface area contributed by atoms with Crippen LogP contribution in [0.5, 0.6) is 0 Å². The predicted octanol–water partition coefficient (Wildman–Crippen LogP) is 3.75. The second-order valence-electron chi connectivity index (χ2n) is 9.24. The van der Waals surface area contributed by atoms with E-state index in [-0.39, 0.29) is 42.6 Å². The van der Waals surface area contributed by atoms with Gasteiger partial charge in [0.1, 0.15) is 17.6 Å². The number of aliphatic hydroxyl groups is 2. The number of nitriles is 1. The van der Waals surface area contributed by atoms with Gasteiger partial charge in [-0.1, -0.05) is 32.9 Å². The molecule has 3 N–H and O–H groups in total. The number of halogens is 2. The summed E-state index contributed by atoms with van der Waals surface area (Å²) < 4.78 is 30.2. The molecule has 0 spiro atoms. The Morgan fingerprint density at radius 3 is 2.45 bits per heavy atom. The molecule has 7 nitrogen and oxygen atoms in total. The molecule has 1 saturated heterocycles. The van der Waals surface area contributed by atoms with Crippen LogP contribution >= 0.6 is 0 Å². The van der Waals surface area contributed by atoms with Crippen LogP contribution in [-0.2, 0) is 11.1 Å². The minimum absolute atomic E-state index is 0.0110. The molecule has 1 aliphatic rings. The molecule has 1 aromatic heterocycles. The van der Waals surface area contributed by atoms with E-state index in [1.54, 1.807) is 11.1 Å². The van der Waals surface area contributed by atoms with Gasteiger partial charge in [-0.3, -0.25) is 4.98 Å². The highest BCUT2D eigenvalue weighted by Crippen LogP contribution is 2.38. The van der Waals surface area contributed by atoms with Crippen LogP contribution in [0.2, 0.25) is 0 Å². The van der Waals surface area contributed by atoms with Crippen molar-refractivity contribution in [3.63, 3.8) is 0 Å². The Kier molecular flexibility index (Phi) is 7.30. The van der Waals surface area contributed by atoms with Gasteiger partial charge in [0.05, 0.1) is 6.61 Å². The summed E-state index contributed by atoms with van der Waals surface area (Å²) in [5.41, 5.74) is -0.295. The fourth-order valence-corrected chi connectivity index (χ4v) is 3.79. The second-order valence-corrected chi connectivity index (χ2v) is 9.24. The maximum absolute atomic E-state index is 15.6. The number of hydrogen-bond donors (Lipinski definition) is 3. The first kappa shape index (κ1) is 24.6. The molecule has 1 aliphatic heterocycles. The highest BCUT2D eigenvalue weighted by molar-refractivity contribution is 5.94. The van der Waals surface area contributed by atoms with Crippen molar-refractivity contribution in [3.05, 3.63) is 59.2 Å². The molecule has 2 aromatic rings. The van der Waals surface area contributed by atoms with Crippen molar-refractivity contribution in [1.29, 1.82) is 5.26 Å². The first-order valence-electron chi connectivity index (χ1n) is 10.8. The van der Waals surface area contributed by atoms with Crippen LogP contribution in [0.25, 0.3) is 0 Å². The third kappa shape index (κ3) is 5.64. The van der Waals surface area contributed by atoms with E-state index in [9.17, 15) is 9.50 Å². The molecule has 176 valence electrons. The zero-order chi connectivity index (χ0) is 24.2. The number of rotatable bonds is 4. The monoisotopic (exact) mass is 457 g/mol. The molecule has 0 radical (unpaired) electrons. The van der Waals surface area contributed by atoms with Crippen LogP contribution in [0.1, 0.15) is 56.5 Å². The number of aliphatic imine (C=N–C) groups is 1. The summed E-state index contributed by atoms with van der Waals surface area (Å²) in [6.07, 6.45) is 1.59. The highest BCUT2D eigenvalue weighted by atomic mass is 19.1. The zero-order valence-electron chi connectivity index (χ0n) is 19.0. The lowest BCUT2D eigenvalue weighted by molar-refractivity contribution is 0.0729. The van der Waals surface area contributed by atoms with E-state index in [0.717, 1.165) is 11.8 Å². The van der Waals surface area contributed by atoms with E-state index in [4.69, 9.17) is 10.4 Å². The molecule has 1 atom stereocenters. The predicted molar refractivity (Wildman–Crippen MR) is 122 cm³/mol. The molecular weight excluding hydrogens is 428 g/mol. The Hall–Kier alpha value is -3.09. The summed E-state index contributed by atoms with van der Waals surface area (Å²) in [5.74, 6) is -0.558. The summed E-state index contributed by atoms with van der Waals surface area (Å²) in [4.78, 5) is 9.52. The van der Waals surface area contributed by atoms with Crippen LogP contribution in [-0.4, -0.2) is 45.8 Å². The Morgan fingerprint density at radius 1 is 1.30 bits per heavy atom. The Balaban J connectivity index is 1.71. The minimum Gasteiger partial charge on any atom is -0.393 e. The first-order valence-corrected chi connectivity index (χ1v) is 10.8. The third-order valence-electron chi connectivity index (χ3n) is 5.86. The smallest absolute Gasteiger partial charge is 0.214 e. The number of likely N-dealkylation sites (tertiary alicyclic amines) is 1. The molecule has 2 heterocycles. The fourth-order valence-electron chi connectivity index (χ4n) is 3.79. The number of guanidine groups is 1. The molecular formula is C24H29F2N5O2. The molecule has 1 aromatic carbocycles. The van der Waals surface area contributed by atoms with Crippen molar-refractivity contribution in [3.8, 4) is 6.19 Å². The maximum atomic E-state index is 15.6. The lowest BCUT2D eigenvalue weighted by atomic mass is 9.87. The molecule has 33 heavy (non-hydrogen) atoms. The Labute approximate surface area is 192 Å². The summed E-state index contributed by atoms with van der Waals surface area (Å²) in [6, 6.07) is 8.81. The second kappa shape index (κ2) is 9.81. The van der Waals surface area contributed by atoms with Gasteiger partial charge >= 0.3 is 0 Å². The van der Waals surface area contributed by atoms with E-state index in [2.05, 4.69) is 36.1 Å². The summed E-state index contributed by atoms with van der Waals surface area (Å²) in [5, 5.41) is 30.9. The van der Waals surface area contributed by atoms with Gasteiger partial charge in [-0.05, 0) is 29.2 Å². The van der Waals surface area contributed by atoms with Gasteiger partial charge in [0.25, 0.3) is 0 Å². The average Bonchev–Trinajstić information content (AvgIpc) is 2.78. The molecule has 3 rings (SSSR count). The molecule has 0 bridgehead atoms. The number of nitrogens with zero attached hydrogens (tertiary/aromatic N) is 4. The lowest BCUT2D eigenvalue weighted by Crippen LogP contribution is -2.46. The maximum Gasteiger partial charge on any atom is 0.214 e. The van der Waals surface area contributed by atoms with Gasteiger partial charge in [-0.15, -0.1) is 4.99 Å². The Bertz CT molecular complexity index is 1040. The fraction of sp³-hybridized carbons (Fsp3) is 0.458. The van der Waals surface area contributed by atoms with Crippen molar-refractivity contribution in [2.24, 2.45) is 4.99 Å². The molecule has 1 fully saturated rings. The lowest BCUT2D eigenvalue weighted by Gasteiger charge is -2.37. The quantitative estimate of drug-likeness (QED) is 0.367. The molecule has 0 aliphatic carbocycles. The number of pyridine rings is 1. The number of hydrogen-bond acceptors (Lipinski definition) is 5. The largest absolute Gasteiger partial charge is 0.393 e. The van der Waals surface area contributed by atoms with Crippen molar-refractivity contribution in [1.82, 2.24) is 9.88 Å². The first-order chi connectivity index (χ1) is 15.6. The van der Waals surface area contributed by atoms with Crippen molar-refractivity contribution in [2.45, 2.75) is 50.8 Å². The normalized spacial score (nSPS) is 17.4. The van der Waals surface area contributed by atoms with Crippen molar-refractivity contribution in [2.75, 3.05) is 25.0 Å². The SMILES string of the molecule is CC(C)(C)c1ccc(N/C(=N\C#N)N2CCC(F)(c3ncc([C@H](O)CO)cc3F)CC2)cc1. The standard InChI is InChI=1S/C24H29F2N5O2/c1-23(2,3)17-4-6-18(7-5-17)30-22(29-15-27)31-10-8-24(26,9-11-31)21-19(25)12-16(13-28-21)20(33)14-32/h4-7,12-13,20,32-33H,8-11,14H2,1-3H3,(H,29,30)/t20-/m1/s1. The summed E-state index contributed by atoms with van der Waals surface area (Å²) in [7, 11) is 0. The number of benzene rings is 1. The topological polar surface area (TPSA) is 105 Å². The van der Waals surface area contributed by atoms with Gasteiger partial charge in [0.15, 0.2) is 5.67 Å². The van der Waals surface area contributed by atoms with Gasteiger partial charge in [0, 0.05) is 43.4 Å². The molecule has 9 heteroatoms. The number of aliphatic hydroxyl groups excluding tert-OH is 2. The number of nitrogens with one attached hydrogen (secondary N) is 1. The van der Waals surface area contributed by atoms with Crippen LogP contribution in [0.4, 0.5) is 14.5 Å². The third-order valence-corrected chi connectivity index (χ3v) is 5.86. The zero-order valence-corrected chi connectivity index (χ0v) is 19.0. The van der Waals surface area contributed by atoms with E-state index < -0.39 is 24.2 Å². The van der Waals surface area contributed by atoms with Crippen molar-refractivity contribution >= 4 is 11.6 Å². The van der Waals surface area contributed by atoms with Crippen molar-refractivity contribution < 1.29 is 19.0 Å². The minimum atomic E-state index is -1.99. The van der Waals surface area contributed by atoms with E-state index in [1.807, 2.05) is 24.3 Å². The number of anilines is 1. The van der Waals surface area contributed by atoms with Gasteiger partial charge in [0.2, 0.25) is 12.2 Å². The van der Waals surface area contributed by atoms with E-state index in [0.29, 0.717) is 5.96 Å². The van der Waals surface area contributed by atoms with Crippen LogP contribution in [0.3, 0.4) is 0 Å². The number of piperidine rings is 1. The summed E-state index contributed by atoms with van der Waals surface area (Å²) >= 11 is 0. The number of aromatic nitrogens is 1. The molecule has 0 saturated carbocycles. The highest BCUT2D eigenvalue weighted by Gasteiger charge is 2.40.